The maximum Gasteiger partial charge on any atom is 0.158 e. The fourth-order valence-electron chi connectivity index (χ4n) is 0.581. The van der Waals surface area contributed by atoms with E-state index in [1.807, 2.05) is 28.9 Å². The lowest BCUT2D eigenvalue weighted by molar-refractivity contribution is 1.17. The van der Waals surface area contributed by atoms with Crippen molar-refractivity contribution in [2.75, 3.05) is 9.26 Å². The van der Waals surface area contributed by atoms with Gasteiger partial charge in [0.05, 0.1) is 22.9 Å². The molecule has 56 valence electrons. The van der Waals surface area contributed by atoms with Crippen LogP contribution in [0.1, 0.15) is 5.56 Å². The summed E-state index contributed by atoms with van der Waals surface area (Å²) >= 11 is 1.87. The fraction of sp³-hybridized carbons (Fsp3) is 0. The minimum atomic E-state index is 0.196. The number of halogens is 1. The molecule has 0 atom stereocenters. The van der Waals surface area contributed by atoms with Crippen molar-refractivity contribution in [1.82, 2.24) is 9.97 Å². The van der Waals surface area contributed by atoms with E-state index in [4.69, 9.17) is 11.0 Å². The molecular weight excluding hydrogens is 257 g/mol. The summed E-state index contributed by atoms with van der Waals surface area (Å²) in [6.07, 6.45) is 1.30. The van der Waals surface area contributed by atoms with E-state index in [1.54, 1.807) is 0 Å². The van der Waals surface area contributed by atoms with Crippen LogP contribution < -0.4 is 9.26 Å². The van der Waals surface area contributed by atoms with Gasteiger partial charge in [0, 0.05) is 0 Å². The lowest BCUT2D eigenvalue weighted by Crippen LogP contribution is -1.99. The van der Waals surface area contributed by atoms with Gasteiger partial charge < -0.3 is 9.26 Å². The summed E-state index contributed by atoms with van der Waals surface area (Å²) in [6, 6.07) is 1.90. The number of nitrogens with one attached hydrogen (secondary N) is 1. The first-order chi connectivity index (χ1) is 5.29. The van der Waals surface area contributed by atoms with Crippen LogP contribution in [0.2, 0.25) is 0 Å². The predicted octanol–water partition coefficient (Wildman–Crippen LogP) is 0.692. The van der Waals surface area contributed by atoms with Gasteiger partial charge in [0.15, 0.2) is 5.82 Å². The minimum Gasteiger partial charge on any atom is -0.382 e. The van der Waals surface area contributed by atoms with Gasteiger partial charge in [0.25, 0.3) is 0 Å². The number of anilines is 2. The van der Waals surface area contributed by atoms with E-state index in [-0.39, 0.29) is 11.4 Å². The number of nitrogens with two attached hydrogens (primary N) is 1. The molecule has 0 radical (unpaired) electrons. The van der Waals surface area contributed by atoms with Crippen LogP contribution in [0.15, 0.2) is 6.33 Å². The van der Waals surface area contributed by atoms with Crippen LogP contribution in [0.5, 0.6) is 0 Å². The summed E-state index contributed by atoms with van der Waals surface area (Å²) in [5.41, 5.74) is 5.67. The van der Waals surface area contributed by atoms with Gasteiger partial charge in [0.1, 0.15) is 23.8 Å². The first-order valence-corrected chi connectivity index (χ1v) is 3.74. The summed E-state index contributed by atoms with van der Waals surface area (Å²) in [6.45, 7) is 0. The van der Waals surface area contributed by atoms with Crippen LogP contribution in [0, 0.1) is 11.3 Å². The maximum absolute atomic E-state index is 8.58. The monoisotopic (exact) mass is 261 g/mol. The summed E-state index contributed by atoms with van der Waals surface area (Å²) in [7, 11) is 0. The standard InChI is InChI=1S/C5H4IN5/c6-11-5-3(1-7)4(8)9-2-10-5/h2H,(H3,8,9,10,11). The Morgan fingerprint density at radius 2 is 2.36 bits per heavy atom. The summed E-state index contributed by atoms with van der Waals surface area (Å²) in [4.78, 5) is 7.46. The average Bonchev–Trinajstić information content (AvgIpc) is 2.04. The normalized spacial score (nSPS) is 8.73. The van der Waals surface area contributed by atoms with E-state index >= 15 is 0 Å². The van der Waals surface area contributed by atoms with E-state index in [9.17, 15) is 0 Å². The summed E-state index contributed by atoms with van der Waals surface area (Å²) < 4.78 is 2.70. The van der Waals surface area contributed by atoms with E-state index in [0.29, 0.717) is 5.82 Å². The molecule has 0 fully saturated rings. The summed E-state index contributed by atoms with van der Waals surface area (Å²) in [5.74, 6) is 0.641. The number of rotatable bonds is 1. The summed E-state index contributed by atoms with van der Waals surface area (Å²) in [5, 5.41) is 8.58. The second-order valence-corrected chi connectivity index (χ2v) is 2.23. The molecule has 1 heterocycles. The van der Waals surface area contributed by atoms with Gasteiger partial charge in [-0.05, 0) is 0 Å². The molecule has 0 unspecified atom stereocenters. The van der Waals surface area contributed by atoms with Gasteiger partial charge in [-0.1, -0.05) is 0 Å². The molecule has 3 N–H and O–H groups in total. The molecule has 0 bridgehead atoms. The molecule has 0 saturated carbocycles. The highest BCUT2D eigenvalue weighted by molar-refractivity contribution is 14.1. The average molecular weight is 261 g/mol. The highest BCUT2D eigenvalue weighted by Crippen LogP contribution is 2.15. The Morgan fingerprint density at radius 3 is 2.82 bits per heavy atom. The molecule has 1 rings (SSSR count). The first kappa shape index (κ1) is 8.00. The third kappa shape index (κ3) is 1.48. The van der Waals surface area contributed by atoms with Crippen LogP contribution in [0.25, 0.3) is 0 Å². The molecule has 1 aromatic rings. The van der Waals surface area contributed by atoms with Crippen molar-refractivity contribution >= 4 is 34.5 Å². The molecule has 0 aliphatic rings. The second-order valence-electron chi connectivity index (χ2n) is 1.69. The topological polar surface area (TPSA) is 87.6 Å². The Balaban J connectivity index is 3.27. The van der Waals surface area contributed by atoms with E-state index < -0.39 is 0 Å². The van der Waals surface area contributed by atoms with Crippen molar-refractivity contribution < 1.29 is 0 Å². The Kier molecular flexibility index (Phi) is 2.43. The zero-order valence-electron chi connectivity index (χ0n) is 5.37. The van der Waals surface area contributed by atoms with Crippen molar-refractivity contribution in [3.63, 3.8) is 0 Å². The maximum atomic E-state index is 8.58. The molecule has 0 aromatic carbocycles. The SMILES string of the molecule is N#Cc1c(N)ncnc1NI. The molecule has 11 heavy (non-hydrogen) atoms. The van der Waals surface area contributed by atoms with Crippen molar-refractivity contribution in [2.45, 2.75) is 0 Å². The quantitative estimate of drug-likeness (QED) is 0.573. The minimum absolute atomic E-state index is 0.196. The van der Waals surface area contributed by atoms with Crippen LogP contribution in [0.3, 0.4) is 0 Å². The van der Waals surface area contributed by atoms with Crippen molar-refractivity contribution in [3.8, 4) is 6.07 Å². The third-order valence-corrected chi connectivity index (χ3v) is 1.59. The number of nitrogen functional groups attached to an aromatic ring is 1. The van der Waals surface area contributed by atoms with Gasteiger partial charge >= 0.3 is 0 Å². The number of nitriles is 1. The van der Waals surface area contributed by atoms with Gasteiger partial charge in [0.2, 0.25) is 0 Å². The second kappa shape index (κ2) is 3.34. The van der Waals surface area contributed by atoms with Crippen molar-refractivity contribution in [3.05, 3.63) is 11.9 Å². The Hall–Kier alpha value is -1.10. The Morgan fingerprint density at radius 1 is 1.64 bits per heavy atom. The van der Waals surface area contributed by atoms with Gasteiger partial charge in [-0.25, -0.2) is 9.97 Å². The lowest BCUT2D eigenvalue weighted by Gasteiger charge is -1.99. The van der Waals surface area contributed by atoms with E-state index in [0.717, 1.165) is 0 Å². The highest BCUT2D eigenvalue weighted by Gasteiger charge is 2.05. The number of hydrogen-bond acceptors (Lipinski definition) is 5. The number of hydrogen-bond donors (Lipinski definition) is 2. The van der Waals surface area contributed by atoms with E-state index in [1.165, 1.54) is 6.33 Å². The van der Waals surface area contributed by atoms with Crippen molar-refractivity contribution in [2.24, 2.45) is 0 Å². The third-order valence-electron chi connectivity index (χ3n) is 1.08. The van der Waals surface area contributed by atoms with Crippen molar-refractivity contribution in [1.29, 1.82) is 5.26 Å². The number of aromatic nitrogens is 2. The molecule has 1 aromatic heterocycles. The van der Waals surface area contributed by atoms with Crippen LogP contribution in [0.4, 0.5) is 11.6 Å². The van der Waals surface area contributed by atoms with Crippen LogP contribution in [-0.2, 0) is 0 Å². The zero-order chi connectivity index (χ0) is 8.27. The highest BCUT2D eigenvalue weighted by atomic mass is 127. The molecule has 0 aliphatic carbocycles. The molecule has 0 saturated heterocycles. The predicted molar refractivity (Wildman–Crippen MR) is 48.8 cm³/mol. The first-order valence-electron chi connectivity index (χ1n) is 2.66. The van der Waals surface area contributed by atoms with Gasteiger partial charge in [-0.2, -0.15) is 5.26 Å². The molecule has 0 aliphatic heterocycles. The molecule has 5 nitrogen and oxygen atoms in total. The number of nitrogens with zero attached hydrogens (tertiary/aromatic N) is 3. The van der Waals surface area contributed by atoms with E-state index in [2.05, 4.69) is 13.5 Å². The molecule has 0 amide bonds. The largest absolute Gasteiger partial charge is 0.382 e. The van der Waals surface area contributed by atoms with Crippen LogP contribution >= 0.6 is 22.9 Å². The molecule has 6 heteroatoms. The fourth-order valence-corrected chi connectivity index (χ4v) is 0.990. The molecular formula is C5H4IN5. The zero-order valence-corrected chi connectivity index (χ0v) is 7.53. The smallest absolute Gasteiger partial charge is 0.158 e. The van der Waals surface area contributed by atoms with Gasteiger partial charge in [-0.3, -0.25) is 0 Å². The Labute approximate surface area is 77.1 Å². The lowest BCUT2D eigenvalue weighted by atomic mass is 10.3. The van der Waals surface area contributed by atoms with Crippen LogP contribution in [-0.4, -0.2) is 9.97 Å². The Bertz CT molecular complexity index is 304. The van der Waals surface area contributed by atoms with Gasteiger partial charge in [-0.15, -0.1) is 0 Å². The molecule has 0 spiro atoms.